The zero-order valence-corrected chi connectivity index (χ0v) is 15.8. The Labute approximate surface area is 154 Å². The van der Waals surface area contributed by atoms with E-state index in [1.807, 2.05) is 49.6 Å². The van der Waals surface area contributed by atoms with Gasteiger partial charge in [0, 0.05) is 18.1 Å². The van der Waals surface area contributed by atoms with Gasteiger partial charge in [0.15, 0.2) is 5.13 Å². The number of nitrogens with zero attached hydrogens (tertiary/aromatic N) is 6. The summed E-state index contributed by atoms with van der Waals surface area (Å²) in [6.07, 6.45) is 0. The third-order valence-electron chi connectivity index (χ3n) is 3.36. The predicted octanol–water partition coefficient (Wildman–Crippen LogP) is 3.69. The number of carbonyl (C=O) groups is 1. The van der Waals surface area contributed by atoms with Crippen LogP contribution in [-0.4, -0.2) is 31.1 Å². The molecule has 0 saturated heterocycles. The van der Waals surface area contributed by atoms with Crippen molar-refractivity contribution in [2.45, 2.75) is 37.7 Å². The number of hydrogen-bond acceptors (Lipinski definition) is 7. The molecular formula is C16H18N6OS2. The van der Waals surface area contributed by atoms with E-state index in [-0.39, 0.29) is 11.9 Å². The van der Waals surface area contributed by atoms with E-state index in [9.17, 15) is 4.79 Å². The van der Waals surface area contributed by atoms with Gasteiger partial charge in [0.1, 0.15) is 0 Å². The number of aromatic nitrogens is 5. The summed E-state index contributed by atoms with van der Waals surface area (Å²) in [6, 6.07) is 9.73. The minimum absolute atomic E-state index is 0.0662. The van der Waals surface area contributed by atoms with E-state index < -0.39 is 0 Å². The summed E-state index contributed by atoms with van der Waals surface area (Å²) in [4.78, 5) is 18.3. The molecule has 3 aromatic rings. The first kappa shape index (κ1) is 17.6. The molecule has 0 unspecified atom stereocenters. The van der Waals surface area contributed by atoms with Crippen molar-refractivity contribution in [1.82, 2.24) is 25.2 Å². The predicted molar refractivity (Wildman–Crippen MR) is 99.1 cm³/mol. The van der Waals surface area contributed by atoms with Crippen molar-refractivity contribution in [2.75, 3.05) is 4.90 Å². The molecule has 0 bridgehead atoms. The van der Waals surface area contributed by atoms with E-state index in [0.717, 1.165) is 16.5 Å². The van der Waals surface area contributed by atoms with Crippen molar-refractivity contribution in [3.05, 3.63) is 41.4 Å². The molecule has 2 heterocycles. The van der Waals surface area contributed by atoms with Gasteiger partial charge in [-0.2, -0.15) is 0 Å². The summed E-state index contributed by atoms with van der Waals surface area (Å²) in [5, 5.41) is 15.1. The summed E-state index contributed by atoms with van der Waals surface area (Å²) in [5.74, 6) is 0.577. The minimum Gasteiger partial charge on any atom is -0.274 e. The number of thiazole rings is 1. The number of hydrogen-bond donors (Lipinski definition) is 0. The summed E-state index contributed by atoms with van der Waals surface area (Å²) >= 11 is 2.98. The fourth-order valence-corrected chi connectivity index (χ4v) is 4.10. The van der Waals surface area contributed by atoms with Crippen molar-refractivity contribution in [2.24, 2.45) is 0 Å². The van der Waals surface area contributed by atoms with Crippen LogP contribution in [-0.2, 0) is 10.5 Å². The SMILES string of the molecule is CC(=O)N(c1ccccc1)c1nc(CSc2nnnn2C(C)C)cs1. The molecular weight excluding hydrogens is 356 g/mol. The Bertz CT molecular complexity index is 845. The fraction of sp³-hybridized carbons (Fsp3) is 0.312. The molecule has 0 spiro atoms. The maximum absolute atomic E-state index is 12.1. The first-order valence-corrected chi connectivity index (χ1v) is 9.63. The number of anilines is 2. The van der Waals surface area contributed by atoms with Gasteiger partial charge in [-0.05, 0) is 36.4 Å². The molecule has 0 aliphatic heterocycles. The Balaban J connectivity index is 1.75. The van der Waals surface area contributed by atoms with Gasteiger partial charge >= 0.3 is 0 Å². The van der Waals surface area contributed by atoms with Gasteiger partial charge in [-0.25, -0.2) is 9.67 Å². The van der Waals surface area contributed by atoms with Crippen LogP contribution in [0.5, 0.6) is 0 Å². The van der Waals surface area contributed by atoms with E-state index in [0.29, 0.717) is 10.9 Å². The van der Waals surface area contributed by atoms with E-state index in [2.05, 4.69) is 20.5 Å². The van der Waals surface area contributed by atoms with E-state index in [4.69, 9.17) is 0 Å². The van der Waals surface area contributed by atoms with E-state index in [1.165, 1.54) is 23.1 Å². The van der Waals surface area contributed by atoms with E-state index >= 15 is 0 Å². The minimum atomic E-state index is -0.0662. The topological polar surface area (TPSA) is 76.8 Å². The van der Waals surface area contributed by atoms with Crippen LogP contribution < -0.4 is 4.90 Å². The molecule has 0 N–H and O–H groups in total. The van der Waals surface area contributed by atoms with Crippen LogP contribution in [0.1, 0.15) is 32.5 Å². The number of amides is 1. The fourth-order valence-electron chi connectivity index (χ4n) is 2.21. The van der Waals surface area contributed by atoms with Crippen molar-refractivity contribution in [3.63, 3.8) is 0 Å². The van der Waals surface area contributed by atoms with Crippen molar-refractivity contribution in [3.8, 4) is 0 Å². The second-order valence-corrected chi connectivity index (χ2v) is 7.38. The van der Waals surface area contributed by atoms with Crippen molar-refractivity contribution >= 4 is 39.8 Å². The number of thioether (sulfide) groups is 1. The number of rotatable bonds is 6. The van der Waals surface area contributed by atoms with E-state index in [1.54, 1.807) is 16.5 Å². The summed E-state index contributed by atoms with van der Waals surface area (Å²) in [5.41, 5.74) is 1.71. The zero-order valence-electron chi connectivity index (χ0n) is 14.2. The van der Waals surface area contributed by atoms with Crippen LogP contribution in [0.2, 0.25) is 0 Å². The Kier molecular flexibility index (Phi) is 5.44. The Morgan fingerprint density at radius 1 is 1.32 bits per heavy atom. The van der Waals surface area contributed by atoms with Crippen LogP contribution in [0.15, 0.2) is 40.9 Å². The van der Waals surface area contributed by atoms with Crippen molar-refractivity contribution in [1.29, 1.82) is 0 Å². The summed E-state index contributed by atoms with van der Waals surface area (Å²) in [7, 11) is 0. The second-order valence-electron chi connectivity index (χ2n) is 5.60. The van der Waals surface area contributed by atoms with Crippen LogP contribution in [0.3, 0.4) is 0 Å². The first-order chi connectivity index (χ1) is 12.1. The van der Waals surface area contributed by atoms with Gasteiger partial charge in [0.05, 0.1) is 17.4 Å². The molecule has 3 rings (SSSR count). The highest BCUT2D eigenvalue weighted by Crippen LogP contribution is 2.30. The molecule has 2 aromatic heterocycles. The highest BCUT2D eigenvalue weighted by Gasteiger charge is 2.18. The lowest BCUT2D eigenvalue weighted by Gasteiger charge is -2.17. The Hall–Kier alpha value is -2.26. The maximum atomic E-state index is 12.1. The quantitative estimate of drug-likeness (QED) is 0.613. The molecule has 0 radical (unpaired) electrons. The molecule has 7 nitrogen and oxygen atoms in total. The van der Waals surface area contributed by atoms with Gasteiger partial charge in [-0.15, -0.1) is 16.4 Å². The van der Waals surface area contributed by atoms with Gasteiger partial charge in [0.2, 0.25) is 11.1 Å². The average Bonchev–Trinajstić information content (AvgIpc) is 3.23. The molecule has 1 amide bonds. The third-order valence-corrected chi connectivity index (χ3v) is 5.20. The maximum Gasteiger partial charge on any atom is 0.230 e. The van der Waals surface area contributed by atoms with Crippen LogP contribution in [0.4, 0.5) is 10.8 Å². The molecule has 0 aliphatic rings. The number of carbonyl (C=O) groups excluding carboxylic acids is 1. The molecule has 0 atom stereocenters. The lowest BCUT2D eigenvalue weighted by molar-refractivity contribution is -0.115. The summed E-state index contributed by atoms with van der Waals surface area (Å²) in [6.45, 7) is 5.61. The average molecular weight is 374 g/mol. The lowest BCUT2D eigenvalue weighted by Crippen LogP contribution is -2.22. The molecule has 9 heteroatoms. The second kappa shape index (κ2) is 7.75. The largest absolute Gasteiger partial charge is 0.274 e. The number of para-hydroxylation sites is 1. The lowest BCUT2D eigenvalue weighted by atomic mass is 10.3. The molecule has 0 aliphatic carbocycles. The van der Waals surface area contributed by atoms with Gasteiger partial charge in [-0.1, -0.05) is 30.0 Å². The molecule has 130 valence electrons. The number of tetrazole rings is 1. The molecule has 0 saturated carbocycles. The normalized spacial score (nSPS) is 11.0. The van der Waals surface area contributed by atoms with Gasteiger partial charge in [0.25, 0.3) is 0 Å². The Morgan fingerprint density at radius 3 is 2.76 bits per heavy atom. The summed E-state index contributed by atoms with van der Waals surface area (Å²) < 4.78 is 1.78. The van der Waals surface area contributed by atoms with Crippen LogP contribution >= 0.6 is 23.1 Å². The third kappa shape index (κ3) is 4.05. The van der Waals surface area contributed by atoms with Gasteiger partial charge in [-0.3, -0.25) is 9.69 Å². The van der Waals surface area contributed by atoms with Crippen LogP contribution in [0, 0.1) is 0 Å². The Morgan fingerprint density at radius 2 is 2.08 bits per heavy atom. The monoisotopic (exact) mass is 374 g/mol. The molecule has 0 fully saturated rings. The zero-order chi connectivity index (χ0) is 17.8. The van der Waals surface area contributed by atoms with Gasteiger partial charge < -0.3 is 0 Å². The molecule has 25 heavy (non-hydrogen) atoms. The van der Waals surface area contributed by atoms with Crippen LogP contribution in [0.25, 0.3) is 0 Å². The standard InChI is InChI=1S/C16H18N6OS2/c1-11(2)22-16(18-19-20-22)25-10-13-9-24-15(17-13)21(12(3)23)14-7-5-4-6-8-14/h4-9,11H,10H2,1-3H3. The smallest absolute Gasteiger partial charge is 0.230 e. The number of benzene rings is 1. The highest BCUT2D eigenvalue weighted by molar-refractivity contribution is 7.98. The molecule has 1 aromatic carbocycles. The highest BCUT2D eigenvalue weighted by atomic mass is 32.2. The van der Waals surface area contributed by atoms with Crippen molar-refractivity contribution < 1.29 is 4.79 Å². The first-order valence-electron chi connectivity index (χ1n) is 7.77.